The SMILES string of the molecule is COc1cccc(/C(O)=C2/C(=O)C(=O)N(c3ccccc3)C2c2cccc(C)c2)c1. The van der Waals surface area contributed by atoms with Crippen molar-refractivity contribution in [3.05, 3.63) is 101 Å². The van der Waals surface area contributed by atoms with Gasteiger partial charge in [-0.3, -0.25) is 14.5 Å². The van der Waals surface area contributed by atoms with E-state index >= 15 is 0 Å². The minimum absolute atomic E-state index is 0.0581. The van der Waals surface area contributed by atoms with Crippen LogP contribution in [-0.4, -0.2) is 23.9 Å². The van der Waals surface area contributed by atoms with E-state index in [1.807, 2.05) is 49.4 Å². The highest BCUT2D eigenvalue weighted by Gasteiger charge is 2.46. The number of methoxy groups -OCH3 is 1. The van der Waals surface area contributed by atoms with Crippen LogP contribution in [0.5, 0.6) is 5.75 Å². The molecule has 5 heteroatoms. The summed E-state index contributed by atoms with van der Waals surface area (Å²) in [4.78, 5) is 27.6. The number of ether oxygens (including phenoxy) is 1. The van der Waals surface area contributed by atoms with Crippen molar-refractivity contribution >= 4 is 23.1 Å². The lowest BCUT2D eigenvalue weighted by Crippen LogP contribution is -2.29. The number of amides is 1. The van der Waals surface area contributed by atoms with Crippen molar-refractivity contribution in [3.63, 3.8) is 0 Å². The van der Waals surface area contributed by atoms with Gasteiger partial charge in [0.1, 0.15) is 11.5 Å². The number of aliphatic hydroxyl groups is 1. The summed E-state index contributed by atoms with van der Waals surface area (Å²) in [6.07, 6.45) is 0. The third-order valence-electron chi connectivity index (χ3n) is 5.18. The molecule has 1 fully saturated rings. The topological polar surface area (TPSA) is 66.8 Å². The van der Waals surface area contributed by atoms with E-state index < -0.39 is 17.7 Å². The van der Waals surface area contributed by atoms with Crippen LogP contribution < -0.4 is 9.64 Å². The third-order valence-corrected chi connectivity index (χ3v) is 5.18. The molecule has 150 valence electrons. The number of carbonyl (C=O) groups is 2. The van der Waals surface area contributed by atoms with Crippen LogP contribution in [0.4, 0.5) is 5.69 Å². The van der Waals surface area contributed by atoms with E-state index in [1.165, 1.54) is 12.0 Å². The predicted molar refractivity (Wildman–Crippen MR) is 115 cm³/mol. The average Bonchev–Trinajstić information content (AvgIpc) is 3.04. The zero-order valence-corrected chi connectivity index (χ0v) is 16.7. The maximum atomic E-state index is 13.1. The Bertz CT molecular complexity index is 1150. The number of hydrogen-bond acceptors (Lipinski definition) is 4. The third kappa shape index (κ3) is 3.35. The minimum Gasteiger partial charge on any atom is -0.507 e. The lowest BCUT2D eigenvalue weighted by molar-refractivity contribution is -0.132. The van der Waals surface area contributed by atoms with Crippen LogP contribution in [0.2, 0.25) is 0 Å². The first-order valence-electron chi connectivity index (χ1n) is 9.58. The molecule has 0 radical (unpaired) electrons. The molecule has 0 bridgehead atoms. The summed E-state index contributed by atoms with van der Waals surface area (Å²) in [6, 6.07) is 22.7. The van der Waals surface area contributed by atoms with Crippen LogP contribution in [0, 0.1) is 6.92 Å². The Kier molecular flexibility index (Phi) is 5.11. The van der Waals surface area contributed by atoms with Gasteiger partial charge in [0.25, 0.3) is 11.7 Å². The molecule has 0 aromatic heterocycles. The first-order chi connectivity index (χ1) is 14.5. The van der Waals surface area contributed by atoms with Gasteiger partial charge in [0, 0.05) is 11.3 Å². The number of hydrogen-bond donors (Lipinski definition) is 1. The summed E-state index contributed by atoms with van der Waals surface area (Å²) in [5.74, 6) is -1.07. The highest BCUT2D eigenvalue weighted by molar-refractivity contribution is 6.51. The number of nitrogens with zero attached hydrogens (tertiary/aromatic N) is 1. The molecule has 1 heterocycles. The highest BCUT2D eigenvalue weighted by Crippen LogP contribution is 2.42. The van der Waals surface area contributed by atoms with Gasteiger partial charge in [-0.2, -0.15) is 0 Å². The van der Waals surface area contributed by atoms with Crippen LogP contribution in [-0.2, 0) is 9.59 Å². The Hall–Kier alpha value is -3.86. The quantitative estimate of drug-likeness (QED) is 0.395. The highest BCUT2D eigenvalue weighted by atomic mass is 16.5. The largest absolute Gasteiger partial charge is 0.507 e. The second kappa shape index (κ2) is 7.87. The predicted octanol–water partition coefficient (Wildman–Crippen LogP) is 4.63. The van der Waals surface area contributed by atoms with Crippen molar-refractivity contribution in [1.29, 1.82) is 0 Å². The Labute approximate surface area is 174 Å². The number of carbonyl (C=O) groups excluding carboxylic acids is 2. The molecule has 3 aromatic rings. The van der Waals surface area contributed by atoms with Gasteiger partial charge in [0.2, 0.25) is 0 Å². The molecule has 0 saturated carbocycles. The Morgan fingerprint density at radius 2 is 1.67 bits per heavy atom. The molecule has 30 heavy (non-hydrogen) atoms. The maximum Gasteiger partial charge on any atom is 0.300 e. The Balaban J connectivity index is 1.95. The molecule has 5 nitrogen and oxygen atoms in total. The van der Waals surface area contributed by atoms with Crippen LogP contribution >= 0.6 is 0 Å². The molecule has 1 saturated heterocycles. The fourth-order valence-corrected chi connectivity index (χ4v) is 3.77. The van der Waals surface area contributed by atoms with Gasteiger partial charge in [-0.15, -0.1) is 0 Å². The average molecular weight is 399 g/mol. The van der Waals surface area contributed by atoms with Gasteiger partial charge >= 0.3 is 0 Å². The number of aryl methyl sites for hydroxylation is 1. The molecule has 0 aliphatic carbocycles. The molecule has 1 unspecified atom stereocenters. The molecule has 1 atom stereocenters. The molecule has 0 spiro atoms. The monoisotopic (exact) mass is 399 g/mol. The van der Waals surface area contributed by atoms with Gasteiger partial charge in [-0.1, -0.05) is 60.2 Å². The Morgan fingerprint density at radius 3 is 2.37 bits per heavy atom. The number of rotatable bonds is 4. The van der Waals surface area contributed by atoms with Gasteiger partial charge in [-0.25, -0.2) is 0 Å². The van der Waals surface area contributed by atoms with Crippen molar-refractivity contribution in [1.82, 2.24) is 0 Å². The zero-order valence-electron chi connectivity index (χ0n) is 16.7. The van der Waals surface area contributed by atoms with Gasteiger partial charge < -0.3 is 9.84 Å². The van der Waals surface area contributed by atoms with Crippen LogP contribution in [0.1, 0.15) is 22.7 Å². The molecule has 3 aromatic carbocycles. The molecule has 1 N–H and O–H groups in total. The standard InChI is InChI=1S/C25H21NO4/c1-16-8-6-9-17(14-16)22-21(23(27)18-10-7-13-20(15-18)30-2)24(28)25(29)26(22)19-11-4-3-5-12-19/h3-15,22,27H,1-2H3/b23-21-. The molecule has 4 rings (SSSR count). The van der Waals surface area contributed by atoms with E-state index in [0.717, 1.165) is 11.1 Å². The summed E-state index contributed by atoms with van der Waals surface area (Å²) in [5.41, 5.74) is 2.81. The van der Waals surface area contributed by atoms with Crippen molar-refractivity contribution < 1.29 is 19.4 Å². The van der Waals surface area contributed by atoms with Crippen molar-refractivity contribution in [2.24, 2.45) is 0 Å². The van der Waals surface area contributed by atoms with Gasteiger partial charge in [-0.05, 0) is 36.8 Å². The van der Waals surface area contributed by atoms with Crippen LogP contribution in [0.3, 0.4) is 0 Å². The zero-order chi connectivity index (χ0) is 21.3. The molecular weight excluding hydrogens is 378 g/mol. The van der Waals surface area contributed by atoms with Gasteiger partial charge in [0.15, 0.2) is 0 Å². The molecule has 1 amide bonds. The van der Waals surface area contributed by atoms with E-state index in [4.69, 9.17) is 4.74 Å². The summed E-state index contributed by atoms with van der Waals surface area (Å²) in [7, 11) is 1.53. The first kappa shape index (κ1) is 19.5. The van der Waals surface area contributed by atoms with Gasteiger partial charge in [0.05, 0.1) is 18.7 Å². The normalized spacial score (nSPS) is 17.9. The smallest absolute Gasteiger partial charge is 0.300 e. The summed E-state index contributed by atoms with van der Waals surface area (Å²) >= 11 is 0. The van der Waals surface area contributed by atoms with E-state index in [9.17, 15) is 14.7 Å². The van der Waals surface area contributed by atoms with Crippen molar-refractivity contribution in [2.45, 2.75) is 13.0 Å². The molecular formula is C25H21NO4. The van der Waals surface area contributed by atoms with Crippen molar-refractivity contribution in [3.8, 4) is 5.75 Å². The number of aliphatic hydroxyl groups excluding tert-OH is 1. The fourth-order valence-electron chi connectivity index (χ4n) is 3.77. The maximum absolute atomic E-state index is 13.1. The number of anilines is 1. The minimum atomic E-state index is -0.737. The summed E-state index contributed by atoms with van der Waals surface area (Å²) in [5, 5.41) is 11.1. The molecule has 1 aliphatic heterocycles. The number of benzene rings is 3. The van der Waals surface area contributed by atoms with Crippen LogP contribution in [0.25, 0.3) is 5.76 Å². The van der Waals surface area contributed by atoms with E-state index in [1.54, 1.807) is 36.4 Å². The first-order valence-corrected chi connectivity index (χ1v) is 9.58. The number of Topliss-reactive ketones (excluding diaryl/α,β-unsaturated/α-hetero) is 1. The van der Waals surface area contributed by atoms with Crippen molar-refractivity contribution in [2.75, 3.05) is 12.0 Å². The summed E-state index contributed by atoms with van der Waals surface area (Å²) < 4.78 is 5.24. The molecule has 1 aliphatic rings. The number of ketones is 1. The second-order valence-corrected chi connectivity index (χ2v) is 7.15. The Morgan fingerprint density at radius 1 is 0.933 bits per heavy atom. The number of para-hydroxylation sites is 1. The fraction of sp³-hybridized carbons (Fsp3) is 0.120. The van der Waals surface area contributed by atoms with Crippen LogP contribution in [0.15, 0.2) is 84.4 Å². The lowest BCUT2D eigenvalue weighted by atomic mass is 9.94. The van der Waals surface area contributed by atoms with E-state index in [0.29, 0.717) is 17.0 Å². The van der Waals surface area contributed by atoms with E-state index in [-0.39, 0.29) is 11.3 Å². The summed E-state index contributed by atoms with van der Waals surface area (Å²) in [6.45, 7) is 1.94. The lowest BCUT2D eigenvalue weighted by Gasteiger charge is -2.25. The second-order valence-electron chi connectivity index (χ2n) is 7.15. The van der Waals surface area contributed by atoms with E-state index in [2.05, 4.69) is 0 Å².